The van der Waals surface area contributed by atoms with Crippen molar-refractivity contribution in [3.05, 3.63) is 52.0 Å². The average Bonchev–Trinajstić information content (AvgIpc) is 2.18. The molecule has 1 aromatic heterocycles. The molecule has 0 aliphatic heterocycles. The number of H-pyrrole nitrogens is 1. The predicted molar refractivity (Wildman–Crippen MR) is 54.2 cm³/mol. The topological polar surface area (TPSA) is 54.9 Å². The molecule has 0 amide bonds. The van der Waals surface area contributed by atoms with Crippen molar-refractivity contribution in [2.24, 2.45) is 0 Å². The largest absolute Gasteiger partial charge is 0.328 e. The number of nitrogens with zero attached hydrogens (tertiary/aromatic N) is 1. The first-order valence-electron chi connectivity index (χ1n) is 4.25. The Morgan fingerprint density at radius 1 is 1.29 bits per heavy atom. The lowest BCUT2D eigenvalue weighted by atomic mass is 10.2. The second kappa shape index (κ2) is 3.14. The molecule has 1 heterocycles. The molecule has 71 valence electrons. The Morgan fingerprint density at radius 3 is 2.71 bits per heavy atom. The molecular weight excluding hydrogens is 180 g/mol. The zero-order valence-electron chi connectivity index (χ0n) is 7.49. The van der Waals surface area contributed by atoms with Gasteiger partial charge in [0.05, 0.1) is 10.9 Å². The van der Waals surface area contributed by atoms with Crippen LogP contribution in [0.5, 0.6) is 0 Å². The molecule has 0 fully saturated rings. The highest BCUT2D eigenvalue weighted by atomic mass is 16.2. The number of aromatic nitrogens is 2. The van der Waals surface area contributed by atoms with Crippen molar-refractivity contribution < 1.29 is 0 Å². The average molecular weight is 189 g/mol. The van der Waals surface area contributed by atoms with Crippen LogP contribution in [0.1, 0.15) is 0 Å². The van der Waals surface area contributed by atoms with Crippen molar-refractivity contribution >= 4 is 10.9 Å². The van der Waals surface area contributed by atoms with E-state index in [9.17, 15) is 9.59 Å². The lowest BCUT2D eigenvalue weighted by molar-refractivity contribution is 0.725. The van der Waals surface area contributed by atoms with E-state index in [1.807, 2.05) is 0 Å². The third-order valence-electron chi connectivity index (χ3n) is 2.11. The summed E-state index contributed by atoms with van der Waals surface area (Å²) in [5.74, 6) is 0. The van der Waals surface area contributed by atoms with Crippen molar-refractivity contribution in [3.8, 4) is 0 Å². The third-order valence-corrected chi connectivity index (χ3v) is 2.11. The molecule has 0 aliphatic rings. The van der Waals surface area contributed by atoms with Gasteiger partial charge < -0.3 is 4.98 Å². The Morgan fingerprint density at radius 2 is 2.00 bits per heavy atom. The second-order valence-electron chi connectivity index (χ2n) is 2.93. The maximum absolute atomic E-state index is 11.7. The van der Waals surface area contributed by atoms with Gasteiger partial charge in [-0.05, 0) is 19.1 Å². The van der Waals surface area contributed by atoms with Gasteiger partial charge in [-0.25, -0.2) is 4.79 Å². The first kappa shape index (κ1) is 8.74. The number of nitrogens with one attached hydrogen (secondary N) is 1. The van der Waals surface area contributed by atoms with Crippen molar-refractivity contribution in [2.75, 3.05) is 0 Å². The maximum Gasteiger partial charge on any atom is 0.328 e. The molecule has 2 aromatic rings. The van der Waals surface area contributed by atoms with Crippen LogP contribution in [0.15, 0.2) is 33.9 Å². The highest BCUT2D eigenvalue weighted by Crippen LogP contribution is 2.02. The minimum absolute atomic E-state index is 0.138. The van der Waals surface area contributed by atoms with E-state index in [0.29, 0.717) is 10.9 Å². The minimum atomic E-state index is -0.413. The summed E-state index contributed by atoms with van der Waals surface area (Å²) in [7, 11) is 0. The van der Waals surface area contributed by atoms with Gasteiger partial charge in [0.1, 0.15) is 0 Å². The predicted octanol–water partition coefficient (Wildman–Crippen LogP) is 0.524. The number of para-hydroxylation sites is 1. The third kappa shape index (κ3) is 1.16. The first-order chi connectivity index (χ1) is 6.74. The van der Waals surface area contributed by atoms with Crippen LogP contribution in [0.25, 0.3) is 10.9 Å². The summed E-state index contributed by atoms with van der Waals surface area (Å²) in [6, 6.07) is 6.91. The van der Waals surface area contributed by atoms with E-state index in [1.54, 1.807) is 24.3 Å². The lowest BCUT2D eigenvalue weighted by Gasteiger charge is -2.01. The number of aromatic amines is 1. The molecule has 0 saturated heterocycles. The normalized spacial score (nSPS) is 10.6. The number of hydrogen-bond acceptors (Lipinski definition) is 2. The van der Waals surface area contributed by atoms with E-state index in [4.69, 9.17) is 0 Å². The number of benzene rings is 1. The van der Waals surface area contributed by atoms with Gasteiger partial charge in [0.15, 0.2) is 0 Å². The molecule has 4 nitrogen and oxygen atoms in total. The van der Waals surface area contributed by atoms with Crippen LogP contribution < -0.4 is 11.2 Å². The summed E-state index contributed by atoms with van der Waals surface area (Å²) >= 11 is 0. The summed E-state index contributed by atoms with van der Waals surface area (Å²) in [6.45, 7) is 3.67. The fraction of sp³-hybridized carbons (Fsp3) is 0.100. The monoisotopic (exact) mass is 189 g/mol. The molecule has 1 radical (unpaired) electrons. The van der Waals surface area contributed by atoms with E-state index < -0.39 is 5.69 Å². The lowest BCUT2D eigenvalue weighted by Crippen LogP contribution is -2.34. The van der Waals surface area contributed by atoms with E-state index in [-0.39, 0.29) is 12.1 Å². The molecule has 4 heteroatoms. The minimum Gasteiger partial charge on any atom is -0.307 e. The van der Waals surface area contributed by atoms with Gasteiger partial charge in [-0.1, -0.05) is 12.1 Å². The number of fused-ring (bicyclic) bond motifs is 1. The number of hydrogen-bond donors (Lipinski definition) is 1. The van der Waals surface area contributed by atoms with Crippen LogP contribution in [0.4, 0.5) is 0 Å². The van der Waals surface area contributed by atoms with Crippen LogP contribution in [-0.2, 0) is 6.54 Å². The van der Waals surface area contributed by atoms with Gasteiger partial charge in [-0.15, -0.1) is 0 Å². The van der Waals surface area contributed by atoms with E-state index in [1.165, 1.54) is 0 Å². The Balaban J connectivity index is 3.01. The zero-order chi connectivity index (χ0) is 10.1. The van der Waals surface area contributed by atoms with Gasteiger partial charge in [-0.3, -0.25) is 9.36 Å². The van der Waals surface area contributed by atoms with Crippen LogP contribution in [-0.4, -0.2) is 9.55 Å². The molecule has 0 unspecified atom stereocenters. The highest BCUT2D eigenvalue weighted by molar-refractivity contribution is 5.76. The Labute approximate surface area is 79.8 Å². The summed E-state index contributed by atoms with van der Waals surface area (Å²) in [4.78, 5) is 25.7. The van der Waals surface area contributed by atoms with E-state index in [2.05, 4.69) is 11.9 Å². The highest BCUT2D eigenvalue weighted by Gasteiger charge is 2.03. The van der Waals surface area contributed by atoms with E-state index in [0.717, 1.165) is 4.57 Å². The van der Waals surface area contributed by atoms with Gasteiger partial charge in [-0.2, -0.15) is 0 Å². The standard InChI is InChI=1S/C10H9N2O2/c1-2-12-9(13)7-5-3-4-6-8(7)11-10(12)14/h3-6H,1-2H2,(H,11,14). The smallest absolute Gasteiger partial charge is 0.307 e. The molecule has 0 bridgehead atoms. The Bertz CT molecular complexity index is 580. The molecule has 1 N–H and O–H groups in total. The maximum atomic E-state index is 11.7. The summed E-state index contributed by atoms with van der Waals surface area (Å²) in [6.07, 6.45) is 0. The van der Waals surface area contributed by atoms with Crippen LogP contribution in [0, 0.1) is 6.92 Å². The Hall–Kier alpha value is -1.84. The second-order valence-corrected chi connectivity index (χ2v) is 2.93. The molecular formula is C10H9N2O2. The quantitative estimate of drug-likeness (QED) is 0.711. The van der Waals surface area contributed by atoms with Crippen molar-refractivity contribution in [1.82, 2.24) is 9.55 Å². The van der Waals surface area contributed by atoms with E-state index >= 15 is 0 Å². The molecule has 2 rings (SSSR count). The SMILES string of the molecule is [CH2]Cn1c(=O)[nH]c2ccccc2c1=O. The first-order valence-corrected chi connectivity index (χ1v) is 4.25. The van der Waals surface area contributed by atoms with Crippen molar-refractivity contribution in [2.45, 2.75) is 6.54 Å². The summed E-state index contributed by atoms with van der Waals surface area (Å²) < 4.78 is 1.07. The Kier molecular flexibility index (Phi) is 1.96. The van der Waals surface area contributed by atoms with Gasteiger partial charge >= 0.3 is 5.69 Å². The fourth-order valence-corrected chi connectivity index (χ4v) is 1.40. The molecule has 1 aromatic carbocycles. The van der Waals surface area contributed by atoms with Gasteiger partial charge in [0, 0.05) is 6.54 Å². The fourth-order valence-electron chi connectivity index (χ4n) is 1.40. The molecule has 0 aliphatic carbocycles. The van der Waals surface area contributed by atoms with Crippen LogP contribution >= 0.6 is 0 Å². The molecule has 0 atom stereocenters. The van der Waals surface area contributed by atoms with Gasteiger partial charge in [0.25, 0.3) is 5.56 Å². The molecule has 0 spiro atoms. The van der Waals surface area contributed by atoms with Crippen molar-refractivity contribution in [3.63, 3.8) is 0 Å². The van der Waals surface area contributed by atoms with Crippen LogP contribution in [0.2, 0.25) is 0 Å². The molecule has 0 saturated carbocycles. The van der Waals surface area contributed by atoms with Gasteiger partial charge in [0.2, 0.25) is 0 Å². The summed E-state index contributed by atoms with van der Waals surface area (Å²) in [5, 5.41) is 0.510. The number of rotatable bonds is 1. The summed E-state index contributed by atoms with van der Waals surface area (Å²) in [5.41, 5.74) is -0.143. The molecule has 14 heavy (non-hydrogen) atoms. The zero-order valence-corrected chi connectivity index (χ0v) is 7.49. The van der Waals surface area contributed by atoms with Crippen LogP contribution in [0.3, 0.4) is 0 Å². The van der Waals surface area contributed by atoms with Crippen molar-refractivity contribution in [1.29, 1.82) is 0 Å².